The van der Waals surface area contributed by atoms with Gasteiger partial charge in [-0.1, -0.05) is 6.42 Å². The van der Waals surface area contributed by atoms with Crippen molar-refractivity contribution < 1.29 is 4.84 Å². The van der Waals surface area contributed by atoms with Crippen molar-refractivity contribution in [3.8, 4) is 0 Å². The molecule has 0 amide bonds. The van der Waals surface area contributed by atoms with Gasteiger partial charge in [-0.15, -0.1) is 4.91 Å². The van der Waals surface area contributed by atoms with E-state index in [-0.39, 0.29) is 12.3 Å². The molecule has 1 fully saturated rings. The Morgan fingerprint density at radius 1 is 1.20 bits per heavy atom. The van der Waals surface area contributed by atoms with Crippen LogP contribution >= 0.6 is 0 Å². The van der Waals surface area contributed by atoms with Crippen molar-refractivity contribution in [1.29, 1.82) is 0 Å². The van der Waals surface area contributed by atoms with E-state index in [0.29, 0.717) is 0 Å². The summed E-state index contributed by atoms with van der Waals surface area (Å²) >= 11 is 0. The second-order valence-electron chi connectivity index (χ2n) is 2.44. The Hall–Kier alpha value is -0.640. The van der Waals surface area contributed by atoms with Crippen molar-refractivity contribution in [3.05, 3.63) is 4.91 Å². The van der Waals surface area contributed by atoms with Crippen molar-refractivity contribution in [2.24, 2.45) is 5.34 Å². The Balaban J connectivity index is 0.000000810. The van der Waals surface area contributed by atoms with E-state index in [9.17, 15) is 4.91 Å². The molecule has 0 radical (unpaired) electrons. The lowest BCUT2D eigenvalue weighted by molar-refractivity contribution is 0.0297. The summed E-state index contributed by atoms with van der Waals surface area (Å²) < 4.78 is 0. The minimum absolute atomic E-state index is 0. The molecule has 0 atom stereocenters. The highest BCUT2D eigenvalue weighted by atomic mass is 16.7. The van der Waals surface area contributed by atoms with Gasteiger partial charge in [0.15, 0.2) is 5.34 Å². The lowest BCUT2D eigenvalue weighted by atomic mass is 9.98. The maximum Gasteiger partial charge on any atom is 0.155 e. The van der Waals surface area contributed by atoms with Gasteiger partial charge in [-0.05, 0) is 25.7 Å². The molecule has 0 aromatic heterocycles. The highest BCUT2D eigenvalue weighted by Gasteiger charge is 2.13. The van der Waals surface area contributed by atoms with E-state index in [1.807, 2.05) is 0 Å². The zero-order valence-corrected chi connectivity index (χ0v) is 6.08. The van der Waals surface area contributed by atoms with E-state index in [1.165, 1.54) is 19.3 Å². The van der Waals surface area contributed by atoms with E-state index >= 15 is 0 Å². The maximum absolute atomic E-state index is 9.60. The van der Waals surface area contributed by atoms with Crippen molar-refractivity contribution >= 4 is 0 Å². The second kappa shape index (κ2) is 5.17. The van der Waals surface area contributed by atoms with E-state index in [2.05, 4.69) is 10.2 Å². The molecule has 1 aliphatic rings. The molecular weight excluding hydrogens is 132 g/mol. The number of hydrogen-bond donors (Lipinski definition) is 1. The van der Waals surface area contributed by atoms with Crippen LogP contribution in [0, 0.1) is 4.91 Å². The molecule has 0 aromatic carbocycles. The molecule has 4 nitrogen and oxygen atoms in total. The zero-order chi connectivity index (χ0) is 6.53. The molecule has 1 aliphatic carbocycles. The predicted molar refractivity (Wildman–Crippen MR) is 38.8 cm³/mol. The van der Waals surface area contributed by atoms with Gasteiger partial charge in [0, 0.05) is 0 Å². The third-order valence-corrected chi connectivity index (χ3v) is 1.74. The average Bonchev–Trinajstić information content (AvgIpc) is 1.91. The zero-order valence-electron chi connectivity index (χ0n) is 6.08. The maximum atomic E-state index is 9.60. The summed E-state index contributed by atoms with van der Waals surface area (Å²) in [6.45, 7) is 0. The fourth-order valence-corrected chi connectivity index (χ4v) is 1.23. The highest BCUT2D eigenvalue weighted by Crippen LogP contribution is 2.19. The lowest BCUT2D eigenvalue weighted by Gasteiger charge is -2.16. The molecule has 0 aromatic rings. The van der Waals surface area contributed by atoms with Gasteiger partial charge in [0.2, 0.25) is 0 Å². The molecule has 60 valence electrons. The molecule has 0 heterocycles. The molecule has 1 rings (SSSR count). The third kappa shape index (κ3) is 2.77. The minimum atomic E-state index is 0. The molecule has 10 heavy (non-hydrogen) atoms. The predicted octanol–water partition coefficient (Wildman–Crippen LogP) is 2.18. The molecule has 3 N–H and O–H groups in total. The van der Waals surface area contributed by atoms with Gasteiger partial charge in [0.25, 0.3) is 0 Å². The van der Waals surface area contributed by atoms with Crippen LogP contribution < -0.4 is 6.15 Å². The van der Waals surface area contributed by atoms with Crippen LogP contribution in [-0.4, -0.2) is 6.10 Å². The Bertz CT molecular complexity index is 91.7. The van der Waals surface area contributed by atoms with Crippen LogP contribution in [-0.2, 0) is 4.84 Å². The van der Waals surface area contributed by atoms with Gasteiger partial charge in [0.1, 0.15) is 6.10 Å². The molecule has 0 spiro atoms. The minimum Gasteiger partial charge on any atom is -0.361 e. The van der Waals surface area contributed by atoms with Gasteiger partial charge in [-0.3, -0.25) is 0 Å². The average molecular weight is 146 g/mol. The van der Waals surface area contributed by atoms with E-state index in [0.717, 1.165) is 12.8 Å². The van der Waals surface area contributed by atoms with Gasteiger partial charge >= 0.3 is 0 Å². The summed E-state index contributed by atoms with van der Waals surface area (Å²) in [5.41, 5.74) is 0. The van der Waals surface area contributed by atoms with Gasteiger partial charge in [-0.25, -0.2) is 0 Å². The molecule has 1 saturated carbocycles. The topological polar surface area (TPSA) is 73.7 Å². The first-order valence-corrected chi connectivity index (χ1v) is 3.42. The van der Waals surface area contributed by atoms with Crippen LogP contribution in [0.3, 0.4) is 0 Å². The van der Waals surface area contributed by atoms with Crippen molar-refractivity contribution in [1.82, 2.24) is 6.15 Å². The van der Waals surface area contributed by atoms with Gasteiger partial charge in [-0.2, -0.15) is 0 Å². The summed E-state index contributed by atoms with van der Waals surface area (Å²) in [4.78, 5) is 14.2. The summed E-state index contributed by atoms with van der Waals surface area (Å²) in [6.07, 6.45) is 5.77. The Morgan fingerprint density at radius 2 is 1.80 bits per heavy atom. The monoisotopic (exact) mass is 146 g/mol. The number of nitrogens with zero attached hydrogens (tertiary/aromatic N) is 1. The Morgan fingerprint density at radius 3 is 2.30 bits per heavy atom. The van der Waals surface area contributed by atoms with Crippen LogP contribution in [0.15, 0.2) is 5.34 Å². The molecule has 0 aliphatic heterocycles. The highest BCUT2D eigenvalue weighted by molar-refractivity contribution is 4.63. The largest absolute Gasteiger partial charge is 0.361 e. The number of hydrogen-bond acceptors (Lipinski definition) is 4. The summed E-state index contributed by atoms with van der Waals surface area (Å²) in [5.74, 6) is 0. The van der Waals surface area contributed by atoms with Crippen molar-refractivity contribution in [3.63, 3.8) is 0 Å². The van der Waals surface area contributed by atoms with E-state index in [4.69, 9.17) is 0 Å². The van der Waals surface area contributed by atoms with Crippen molar-refractivity contribution in [2.75, 3.05) is 0 Å². The normalized spacial score (nSPS) is 19.2. The lowest BCUT2D eigenvalue weighted by Crippen LogP contribution is -2.13. The van der Waals surface area contributed by atoms with E-state index < -0.39 is 0 Å². The quantitative estimate of drug-likeness (QED) is 0.479. The van der Waals surface area contributed by atoms with Crippen LogP contribution in [0.25, 0.3) is 0 Å². The molecule has 4 heteroatoms. The molecule has 0 saturated heterocycles. The smallest absolute Gasteiger partial charge is 0.155 e. The summed E-state index contributed by atoms with van der Waals surface area (Å²) in [5, 5.41) is 2.41. The van der Waals surface area contributed by atoms with Crippen LogP contribution in [0.5, 0.6) is 0 Å². The summed E-state index contributed by atoms with van der Waals surface area (Å²) in [6, 6.07) is 0. The van der Waals surface area contributed by atoms with Gasteiger partial charge in [0.05, 0.1) is 0 Å². The Kier molecular flexibility index (Phi) is 4.84. The van der Waals surface area contributed by atoms with Crippen molar-refractivity contribution in [2.45, 2.75) is 38.2 Å². The standard InChI is InChI=1S/C6H11NO2.H3N/c8-7-9-6-4-2-1-3-5-6;/h6H,1-5H2;1H3. The third-order valence-electron chi connectivity index (χ3n) is 1.74. The van der Waals surface area contributed by atoms with E-state index in [1.54, 1.807) is 0 Å². The number of rotatable bonds is 2. The second-order valence-corrected chi connectivity index (χ2v) is 2.44. The SMILES string of the molecule is N.O=NOC1CCCCC1. The Labute approximate surface area is 60.5 Å². The first-order chi connectivity index (χ1) is 4.43. The summed E-state index contributed by atoms with van der Waals surface area (Å²) in [7, 11) is 0. The van der Waals surface area contributed by atoms with Crippen LogP contribution in [0.2, 0.25) is 0 Å². The fourth-order valence-electron chi connectivity index (χ4n) is 1.23. The van der Waals surface area contributed by atoms with Crippen LogP contribution in [0.4, 0.5) is 0 Å². The van der Waals surface area contributed by atoms with Crippen LogP contribution in [0.1, 0.15) is 32.1 Å². The fraction of sp³-hybridized carbons (Fsp3) is 1.00. The molecular formula is C6H14N2O2. The first-order valence-electron chi connectivity index (χ1n) is 3.42. The molecule has 0 bridgehead atoms. The first kappa shape index (κ1) is 9.36. The van der Waals surface area contributed by atoms with Gasteiger partial charge < -0.3 is 11.0 Å². The molecule has 0 unspecified atom stereocenters.